The van der Waals surface area contributed by atoms with Crippen molar-refractivity contribution in [3.63, 3.8) is 0 Å². The van der Waals surface area contributed by atoms with Gasteiger partial charge < -0.3 is 25.0 Å². The second kappa shape index (κ2) is 11.2. The maximum Gasteiger partial charge on any atom is 0.329 e. The van der Waals surface area contributed by atoms with E-state index in [-0.39, 0.29) is 23.7 Å². The molecule has 1 aliphatic heterocycles. The third-order valence-electron chi connectivity index (χ3n) is 4.96. The monoisotopic (exact) mass is 419 g/mol. The molecule has 0 bridgehead atoms. The van der Waals surface area contributed by atoms with Crippen molar-refractivity contribution >= 4 is 29.6 Å². The van der Waals surface area contributed by atoms with Gasteiger partial charge in [-0.25, -0.2) is 9.59 Å². The SMILES string of the molecule is COC(=O)C1CCN(C(=O)COC(=O)[C@H](NC(=O)Nc2ccccc2)C(C)C)CC1. The van der Waals surface area contributed by atoms with Crippen molar-refractivity contribution in [2.45, 2.75) is 32.7 Å². The zero-order valence-electron chi connectivity index (χ0n) is 17.6. The molecular weight excluding hydrogens is 390 g/mol. The molecule has 2 N–H and O–H groups in total. The van der Waals surface area contributed by atoms with Gasteiger partial charge in [0.15, 0.2) is 6.61 Å². The predicted octanol–water partition coefficient (Wildman–Crippen LogP) is 1.79. The highest BCUT2D eigenvalue weighted by molar-refractivity contribution is 5.93. The standard InChI is InChI=1S/C21H29N3O6/c1-14(2)18(23-21(28)22-16-7-5-4-6-8-16)20(27)30-13-17(25)24-11-9-15(10-12-24)19(26)29-3/h4-8,14-15,18H,9-13H2,1-3H3,(H2,22,23,28)/t18-/m1/s1. The van der Waals surface area contributed by atoms with Gasteiger partial charge in [-0.15, -0.1) is 0 Å². The van der Waals surface area contributed by atoms with Crippen molar-refractivity contribution in [3.05, 3.63) is 30.3 Å². The summed E-state index contributed by atoms with van der Waals surface area (Å²) in [5.74, 6) is -1.72. The van der Waals surface area contributed by atoms with Gasteiger partial charge in [-0.05, 0) is 30.9 Å². The summed E-state index contributed by atoms with van der Waals surface area (Å²) in [7, 11) is 1.35. The van der Waals surface area contributed by atoms with Gasteiger partial charge in [0.1, 0.15) is 6.04 Å². The molecule has 1 aliphatic rings. The molecule has 1 fully saturated rings. The summed E-state index contributed by atoms with van der Waals surface area (Å²) in [6.45, 7) is 3.94. The number of urea groups is 1. The van der Waals surface area contributed by atoms with Gasteiger partial charge in [0.25, 0.3) is 5.91 Å². The molecular formula is C21H29N3O6. The number of hydrogen-bond acceptors (Lipinski definition) is 6. The molecule has 30 heavy (non-hydrogen) atoms. The van der Waals surface area contributed by atoms with Crippen LogP contribution in [0.4, 0.5) is 10.5 Å². The molecule has 2 rings (SSSR count). The van der Waals surface area contributed by atoms with Crippen molar-refractivity contribution in [2.75, 3.05) is 32.1 Å². The summed E-state index contributed by atoms with van der Waals surface area (Å²) in [4.78, 5) is 50.1. The van der Waals surface area contributed by atoms with E-state index in [1.54, 1.807) is 43.0 Å². The molecule has 164 valence electrons. The number of anilines is 1. The third kappa shape index (κ3) is 6.75. The molecule has 9 heteroatoms. The van der Waals surface area contributed by atoms with Crippen LogP contribution in [-0.2, 0) is 23.9 Å². The Morgan fingerprint density at radius 1 is 1.10 bits per heavy atom. The lowest BCUT2D eigenvalue weighted by Crippen LogP contribution is -2.48. The number of carbonyl (C=O) groups excluding carboxylic acids is 4. The molecule has 0 radical (unpaired) electrons. The highest BCUT2D eigenvalue weighted by Crippen LogP contribution is 2.18. The van der Waals surface area contributed by atoms with Crippen molar-refractivity contribution in [1.82, 2.24) is 10.2 Å². The average molecular weight is 419 g/mol. The van der Waals surface area contributed by atoms with Gasteiger partial charge in [0, 0.05) is 18.8 Å². The number of esters is 2. The summed E-state index contributed by atoms with van der Waals surface area (Å²) >= 11 is 0. The number of likely N-dealkylation sites (tertiary alicyclic amines) is 1. The highest BCUT2D eigenvalue weighted by atomic mass is 16.5. The lowest BCUT2D eigenvalue weighted by molar-refractivity contribution is -0.155. The summed E-state index contributed by atoms with van der Waals surface area (Å²) in [6.07, 6.45) is 1.03. The van der Waals surface area contributed by atoms with Gasteiger partial charge in [-0.1, -0.05) is 32.0 Å². The number of amides is 3. The molecule has 1 saturated heterocycles. The minimum absolute atomic E-state index is 0.209. The fourth-order valence-corrected chi connectivity index (χ4v) is 3.17. The van der Waals surface area contributed by atoms with Gasteiger partial charge in [0.2, 0.25) is 0 Å². The zero-order valence-corrected chi connectivity index (χ0v) is 17.6. The topological polar surface area (TPSA) is 114 Å². The quantitative estimate of drug-likeness (QED) is 0.652. The first-order valence-corrected chi connectivity index (χ1v) is 9.96. The number of para-hydroxylation sites is 1. The lowest BCUT2D eigenvalue weighted by Gasteiger charge is -2.30. The number of hydrogen-bond donors (Lipinski definition) is 2. The van der Waals surface area contributed by atoms with Crippen LogP contribution in [0, 0.1) is 11.8 Å². The van der Waals surface area contributed by atoms with Crippen LogP contribution in [0.25, 0.3) is 0 Å². The van der Waals surface area contributed by atoms with E-state index >= 15 is 0 Å². The molecule has 1 aromatic rings. The summed E-state index contributed by atoms with van der Waals surface area (Å²) in [6, 6.07) is 7.41. The Kier molecular flexibility index (Phi) is 8.64. The second-order valence-corrected chi connectivity index (χ2v) is 7.47. The van der Waals surface area contributed by atoms with Crippen molar-refractivity contribution in [2.24, 2.45) is 11.8 Å². The fraction of sp³-hybridized carbons (Fsp3) is 0.524. The van der Waals surface area contributed by atoms with E-state index < -0.39 is 24.6 Å². The molecule has 1 aromatic carbocycles. The minimum Gasteiger partial charge on any atom is -0.469 e. The van der Waals surface area contributed by atoms with Crippen LogP contribution < -0.4 is 10.6 Å². The lowest BCUT2D eigenvalue weighted by atomic mass is 9.97. The van der Waals surface area contributed by atoms with E-state index in [1.807, 2.05) is 6.07 Å². The van der Waals surface area contributed by atoms with Crippen molar-refractivity contribution < 1.29 is 28.7 Å². The van der Waals surface area contributed by atoms with E-state index in [1.165, 1.54) is 7.11 Å². The predicted molar refractivity (Wildman–Crippen MR) is 110 cm³/mol. The van der Waals surface area contributed by atoms with Crippen LogP contribution in [0.5, 0.6) is 0 Å². The van der Waals surface area contributed by atoms with E-state index in [4.69, 9.17) is 9.47 Å². The van der Waals surface area contributed by atoms with Crippen molar-refractivity contribution in [1.29, 1.82) is 0 Å². The average Bonchev–Trinajstić information content (AvgIpc) is 2.75. The number of ether oxygens (including phenoxy) is 2. The van der Waals surface area contributed by atoms with E-state index in [9.17, 15) is 19.2 Å². The number of methoxy groups -OCH3 is 1. The van der Waals surface area contributed by atoms with E-state index in [0.29, 0.717) is 31.6 Å². The molecule has 0 spiro atoms. The molecule has 0 aromatic heterocycles. The number of nitrogens with zero attached hydrogens (tertiary/aromatic N) is 1. The first-order valence-electron chi connectivity index (χ1n) is 9.96. The van der Waals surface area contributed by atoms with E-state index in [2.05, 4.69) is 10.6 Å². The number of nitrogens with one attached hydrogen (secondary N) is 2. The maximum atomic E-state index is 12.4. The van der Waals surface area contributed by atoms with Gasteiger partial charge in [0.05, 0.1) is 13.0 Å². The van der Waals surface area contributed by atoms with Crippen LogP contribution in [0.2, 0.25) is 0 Å². The largest absolute Gasteiger partial charge is 0.469 e. The molecule has 9 nitrogen and oxygen atoms in total. The Bertz CT molecular complexity index is 744. The zero-order chi connectivity index (χ0) is 22.1. The highest BCUT2D eigenvalue weighted by Gasteiger charge is 2.30. The molecule has 3 amide bonds. The number of piperidine rings is 1. The van der Waals surface area contributed by atoms with E-state index in [0.717, 1.165) is 0 Å². The smallest absolute Gasteiger partial charge is 0.329 e. The van der Waals surface area contributed by atoms with Crippen LogP contribution in [-0.4, -0.2) is 61.6 Å². The van der Waals surface area contributed by atoms with Gasteiger partial charge in [-0.2, -0.15) is 0 Å². The van der Waals surface area contributed by atoms with Crippen LogP contribution >= 0.6 is 0 Å². The molecule has 1 atom stereocenters. The Balaban J connectivity index is 1.81. The normalized spacial score (nSPS) is 15.3. The molecule has 1 heterocycles. The third-order valence-corrected chi connectivity index (χ3v) is 4.96. The van der Waals surface area contributed by atoms with Crippen molar-refractivity contribution in [3.8, 4) is 0 Å². The molecule has 0 saturated carbocycles. The fourth-order valence-electron chi connectivity index (χ4n) is 3.17. The Morgan fingerprint density at radius 3 is 2.30 bits per heavy atom. The second-order valence-electron chi connectivity index (χ2n) is 7.47. The number of benzene rings is 1. The molecule has 0 unspecified atom stereocenters. The number of carbonyl (C=O) groups is 4. The summed E-state index contributed by atoms with van der Waals surface area (Å²) in [5, 5.41) is 5.24. The first kappa shape index (κ1) is 23.2. The van der Waals surface area contributed by atoms with Crippen LogP contribution in [0.3, 0.4) is 0 Å². The number of rotatable bonds is 7. The summed E-state index contributed by atoms with van der Waals surface area (Å²) in [5.41, 5.74) is 0.594. The maximum absolute atomic E-state index is 12.4. The minimum atomic E-state index is -0.897. The van der Waals surface area contributed by atoms with Crippen LogP contribution in [0.1, 0.15) is 26.7 Å². The van der Waals surface area contributed by atoms with Gasteiger partial charge in [-0.3, -0.25) is 9.59 Å². The summed E-state index contributed by atoms with van der Waals surface area (Å²) < 4.78 is 9.89. The molecule has 0 aliphatic carbocycles. The Labute approximate surface area is 176 Å². The Hall–Kier alpha value is -3.10. The Morgan fingerprint density at radius 2 is 1.73 bits per heavy atom. The van der Waals surface area contributed by atoms with Crippen LogP contribution in [0.15, 0.2) is 30.3 Å². The van der Waals surface area contributed by atoms with Gasteiger partial charge >= 0.3 is 18.0 Å². The first-order chi connectivity index (χ1) is 14.3.